The summed E-state index contributed by atoms with van der Waals surface area (Å²) in [4.78, 5) is 7.69. The number of benzene rings is 2. The minimum absolute atomic E-state index is 0. The minimum atomic E-state index is 0. The van der Waals surface area contributed by atoms with Crippen LogP contribution in [-0.2, 0) is 0 Å². The molecule has 24 heavy (non-hydrogen) atoms. The van der Waals surface area contributed by atoms with Crippen molar-refractivity contribution in [3.8, 4) is 0 Å². The Balaban J connectivity index is 0.00000146. The second-order valence-corrected chi connectivity index (χ2v) is 8.96. The van der Waals surface area contributed by atoms with Gasteiger partial charge in [-0.15, -0.1) is 24.0 Å². The van der Waals surface area contributed by atoms with Crippen LogP contribution in [0.4, 0.5) is 5.69 Å². The quantitative estimate of drug-likeness (QED) is 0.484. The first-order valence-electron chi connectivity index (χ1n) is 8.82. The molecule has 2 atom stereocenters. The summed E-state index contributed by atoms with van der Waals surface area (Å²) >= 11 is 0. The van der Waals surface area contributed by atoms with Crippen molar-refractivity contribution in [2.45, 2.75) is 46.1 Å². The Bertz CT molecular complexity index is 849. The molecule has 0 aromatic heterocycles. The van der Waals surface area contributed by atoms with E-state index in [4.69, 9.17) is 4.99 Å². The second kappa shape index (κ2) is 5.20. The maximum Gasteiger partial charge on any atom is 0.137 e. The maximum atomic E-state index is 5.06. The highest BCUT2D eigenvalue weighted by molar-refractivity contribution is 14.0. The lowest BCUT2D eigenvalue weighted by atomic mass is 9.65. The minimum Gasteiger partial charge on any atom is -0.353 e. The molecule has 126 valence electrons. The molecule has 2 aromatic rings. The Morgan fingerprint density at radius 1 is 1.04 bits per heavy atom. The molecule has 3 heteroatoms. The third-order valence-electron chi connectivity index (χ3n) is 6.04. The molecule has 2 aromatic carbocycles. The molecule has 2 heterocycles. The van der Waals surface area contributed by atoms with Crippen molar-refractivity contribution in [3.63, 3.8) is 0 Å². The standard InChI is InChI=1S/C21H24N2.HI/c1-20(2)10-15-11-21(3,12-20)13-23(15)19-16-8-4-6-14-7-5-9-17(22-19)18(14)16;/h4-9,15H,10-13H2,1-3H3;1H. The topological polar surface area (TPSA) is 15.6 Å². The highest BCUT2D eigenvalue weighted by atomic mass is 127. The Hall–Kier alpha value is -1.10. The fourth-order valence-electron chi connectivity index (χ4n) is 5.70. The number of nitrogens with zero attached hydrogens (tertiary/aromatic N) is 2. The van der Waals surface area contributed by atoms with Crippen LogP contribution < -0.4 is 0 Å². The van der Waals surface area contributed by atoms with E-state index in [1.165, 1.54) is 41.4 Å². The number of aliphatic imine (C=N–C) groups is 1. The predicted octanol–water partition coefficient (Wildman–Crippen LogP) is 5.75. The third kappa shape index (κ3) is 2.31. The van der Waals surface area contributed by atoms with E-state index in [2.05, 4.69) is 62.1 Å². The molecule has 1 aliphatic carbocycles. The van der Waals surface area contributed by atoms with E-state index in [9.17, 15) is 0 Å². The van der Waals surface area contributed by atoms with Crippen LogP contribution in [0.2, 0.25) is 0 Å². The zero-order valence-electron chi connectivity index (χ0n) is 14.7. The largest absolute Gasteiger partial charge is 0.353 e. The van der Waals surface area contributed by atoms with Crippen LogP contribution in [0.5, 0.6) is 0 Å². The fourth-order valence-corrected chi connectivity index (χ4v) is 5.70. The summed E-state index contributed by atoms with van der Waals surface area (Å²) < 4.78 is 0. The molecule has 1 saturated carbocycles. The molecule has 5 rings (SSSR count). The van der Waals surface area contributed by atoms with Crippen LogP contribution in [0.1, 0.15) is 45.6 Å². The van der Waals surface area contributed by atoms with Crippen molar-refractivity contribution in [2.24, 2.45) is 15.8 Å². The van der Waals surface area contributed by atoms with E-state index < -0.39 is 0 Å². The van der Waals surface area contributed by atoms with E-state index >= 15 is 0 Å². The average Bonchev–Trinajstić information content (AvgIpc) is 2.95. The van der Waals surface area contributed by atoms with Gasteiger partial charge in [0.2, 0.25) is 0 Å². The number of hydrogen-bond acceptors (Lipinski definition) is 2. The van der Waals surface area contributed by atoms with Gasteiger partial charge in [-0.2, -0.15) is 0 Å². The van der Waals surface area contributed by atoms with E-state index in [0.29, 0.717) is 16.9 Å². The van der Waals surface area contributed by atoms with E-state index in [-0.39, 0.29) is 24.0 Å². The van der Waals surface area contributed by atoms with Gasteiger partial charge in [0.05, 0.1) is 5.69 Å². The van der Waals surface area contributed by atoms with Gasteiger partial charge in [0.15, 0.2) is 0 Å². The van der Waals surface area contributed by atoms with Crippen LogP contribution in [0.3, 0.4) is 0 Å². The highest BCUT2D eigenvalue weighted by Crippen LogP contribution is 2.53. The third-order valence-corrected chi connectivity index (χ3v) is 6.04. The Kier molecular flexibility index (Phi) is 3.55. The number of amidine groups is 1. The average molecular weight is 432 g/mol. The Morgan fingerprint density at radius 2 is 1.79 bits per heavy atom. The summed E-state index contributed by atoms with van der Waals surface area (Å²) in [6.45, 7) is 8.51. The molecule has 0 N–H and O–H groups in total. The first kappa shape index (κ1) is 16.4. The lowest BCUT2D eigenvalue weighted by molar-refractivity contribution is 0.132. The first-order chi connectivity index (χ1) is 10.9. The number of rotatable bonds is 0. The summed E-state index contributed by atoms with van der Waals surface area (Å²) in [5, 5.41) is 2.66. The zero-order chi connectivity index (χ0) is 15.8. The van der Waals surface area contributed by atoms with Crippen molar-refractivity contribution in [1.82, 2.24) is 4.90 Å². The molecule has 2 nitrogen and oxygen atoms in total. The SMILES string of the molecule is CC1(C)CC2CC(C)(CN2C2=Nc3cccc4cccc2c34)C1.I. The summed E-state index contributed by atoms with van der Waals surface area (Å²) in [7, 11) is 0. The molecule has 0 amide bonds. The zero-order valence-corrected chi connectivity index (χ0v) is 17.0. The van der Waals surface area contributed by atoms with E-state index in [1.807, 2.05) is 0 Å². The van der Waals surface area contributed by atoms with E-state index in [1.54, 1.807) is 0 Å². The van der Waals surface area contributed by atoms with E-state index in [0.717, 1.165) is 12.2 Å². The lowest BCUT2D eigenvalue weighted by Gasteiger charge is -2.39. The van der Waals surface area contributed by atoms with Gasteiger partial charge in [-0.05, 0) is 41.5 Å². The van der Waals surface area contributed by atoms with Gasteiger partial charge in [0.1, 0.15) is 5.84 Å². The van der Waals surface area contributed by atoms with Crippen molar-refractivity contribution in [1.29, 1.82) is 0 Å². The highest BCUT2D eigenvalue weighted by Gasteiger charge is 2.50. The molecule has 0 spiro atoms. The number of fused-ring (bicyclic) bond motifs is 2. The molecule has 3 aliphatic rings. The van der Waals surface area contributed by atoms with Crippen molar-refractivity contribution in [2.75, 3.05) is 6.54 Å². The Morgan fingerprint density at radius 3 is 2.58 bits per heavy atom. The number of likely N-dealkylation sites (tertiary alicyclic amines) is 1. The summed E-state index contributed by atoms with van der Waals surface area (Å²) in [6.07, 6.45) is 3.94. The number of hydrogen-bond donors (Lipinski definition) is 0. The molecule has 2 unspecified atom stereocenters. The van der Waals surface area contributed by atoms with Gasteiger partial charge < -0.3 is 4.90 Å². The lowest BCUT2D eigenvalue weighted by Crippen LogP contribution is -2.37. The maximum absolute atomic E-state index is 5.06. The molecule has 2 aliphatic heterocycles. The first-order valence-corrected chi connectivity index (χ1v) is 8.82. The molecule has 2 fully saturated rings. The normalized spacial score (nSPS) is 29.5. The number of halogens is 1. The molecule has 2 bridgehead atoms. The van der Waals surface area contributed by atoms with Crippen LogP contribution in [0.25, 0.3) is 10.8 Å². The van der Waals surface area contributed by atoms with Crippen molar-refractivity contribution >= 4 is 46.3 Å². The van der Waals surface area contributed by atoms with Crippen LogP contribution in [0, 0.1) is 10.8 Å². The summed E-state index contributed by atoms with van der Waals surface area (Å²) in [5.41, 5.74) is 3.38. The second-order valence-electron chi connectivity index (χ2n) is 8.96. The van der Waals surface area contributed by atoms with Crippen molar-refractivity contribution < 1.29 is 0 Å². The van der Waals surface area contributed by atoms with Gasteiger partial charge in [-0.25, -0.2) is 4.99 Å². The van der Waals surface area contributed by atoms with Gasteiger partial charge in [0.25, 0.3) is 0 Å². The van der Waals surface area contributed by atoms with Crippen LogP contribution in [-0.4, -0.2) is 23.3 Å². The van der Waals surface area contributed by atoms with Crippen molar-refractivity contribution in [3.05, 3.63) is 42.0 Å². The molecule has 1 saturated heterocycles. The summed E-state index contributed by atoms with van der Waals surface area (Å²) in [6, 6.07) is 13.8. The van der Waals surface area contributed by atoms with Gasteiger partial charge in [-0.1, -0.05) is 51.1 Å². The van der Waals surface area contributed by atoms with Gasteiger partial charge >= 0.3 is 0 Å². The van der Waals surface area contributed by atoms with Crippen LogP contribution >= 0.6 is 24.0 Å². The summed E-state index contributed by atoms with van der Waals surface area (Å²) in [5.74, 6) is 1.23. The van der Waals surface area contributed by atoms with Crippen LogP contribution in [0.15, 0.2) is 41.4 Å². The fraction of sp³-hybridized carbons (Fsp3) is 0.476. The smallest absolute Gasteiger partial charge is 0.137 e. The molecular weight excluding hydrogens is 407 g/mol. The van der Waals surface area contributed by atoms with Gasteiger partial charge in [0, 0.05) is 23.5 Å². The molecular formula is C21H25IN2. The predicted molar refractivity (Wildman–Crippen MR) is 112 cm³/mol. The van der Waals surface area contributed by atoms with Gasteiger partial charge in [-0.3, -0.25) is 0 Å². The Labute approximate surface area is 161 Å². The molecule has 0 radical (unpaired) electrons. The monoisotopic (exact) mass is 432 g/mol.